The first kappa shape index (κ1) is 9.06. The Bertz CT molecular complexity index is 301. The minimum absolute atomic E-state index is 0.227. The van der Waals surface area contributed by atoms with Crippen LogP contribution in [-0.2, 0) is 6.42 Å². The summed E-state index contributed by atoms with van der Waals surface area (Å²) in [5.74, 6) is 0. The lowest BCUT2D eigenvalue weighted by Crippen LogP contribution is -2.31. The topological polar surface area (TPSA) is 38.0 Å². The van der Waals surface area contributed by atoms with Gasteiger partial charge in [0.25, 0.3) is 0 Å². The Morgan fingerprint density at radius 2 is 2.23 bits per heavy atom. The van der Waals surface area contributed by atoms with E-state index in [1.807, 2.05) is 6.26 Å². The molecule has 0 aromatic heterocycles. The molecule has 0 spiro atoms. The highest BCUT2D eigenvalue weighted by Gasteiger charge is 2.28. The summed E-state index contributed by atoms with van der Waals surface area (Å²) in [6.45, 7) is 0. The van der Waals surface area contributed by atoms with E-state index in [2.05, 4.69) is 29.0 Å². The van der Waals surface area contributed by atoms with Crippen molar-refractivity contribution in [2.75, 3.05) is 6.26 Å². The van der Waals surface area contributed by atoms with Crippen molar-refractivity contribution >= 4 is 11.9 Å². The minimum Gasteiger partial charge on any atom is -0.326 e. The summed E-state index contributed by atoms with van der Waals surface area (Å²) < 4.78 is 3.34. The van der Waals surface area contributed by atoms with Gasteiger partial charge in [-0.1, -0.05) is 36.2 Å². The van der Waals surface area contributed by atoms with Crippen LogP contribution in [0.15, 0.2) is 24.3 Å². The summed E-state index contributed by atoms with van der Waals surface area (Å²) >= 11 is 1.64. The number of nitrogens with one attached hydrogen (secondary N) is 1. The van der Waals surface area contributed by atoms with Gasteiger partial charge in [-0.05, 0) is 23.8 Å². The SMILES string of the molecule is CSNC1c2ccccc2C[C@@H]1N. The fraction of sp³-hybridized carbons (Fsp3) is 0.400. The highest BCUT2D eigenvalue weighted by Crippen LogP contribution is 2.30. The lowest BCUT2D eigenvalue weighted by atomic mass is 10.1. The number of hydrogen-bond donors (Lipinski definition) is 2. The summed E-state index contributed by atoms with van der Waals surface area (Å²) in [6.07, 6.45) is 3.03. The molecule has 0 amide bonds. The Balaban J connectivity index is 2.29. The fourth-order valence-corrected chi connectivity index (χ4v) is 2.46. The van der Waals surface area contributed by atoms with Crippen LogP contribution >= 0.6 is 11.9 Å². The van der Waals surface area contributed by atoms with E-state index < -0.39 is 0 Å². The zero-order valence-corrected chi connectivity index (χ0v) is 8.47. The first-order chi connectivity index (χ1) is 6.33. The van der Waals surface area contributed by atoms with Crippen LogP contribution in [0.2, 0.25) is 0 Å². The van der Waals surface area contributed by atoms with Gasteiger partial charge in [0.05, 0.1) is 6.04 Å². The second-order valence-corrected chi connectivity index (χ2v) is 4.01. The molecule has 1 aliphatic rings. The molecule has 0 heterocycles. The predicted molar refractivity (Wildman–Crippen MR) is 57.5 cm³/mol. The zero-order valence-electron chi connectivity index (χ0n) is 7.66. The van der Waals surface area contributed by atoms with Crippen molar-refractivity contribution in [3.05, 3.63) is 35.4 Å². The molecule has 0 aliphatic heterocycles. The quantitative estimate of drug-likeness (QED) is 0.700. The van der Waals surface area contributed by atoms with Gasteiger partial charge in [-0.3, -0.25) is 4.72 Å². The maximum Gasteiger partial charge on any atom is 0.0578 e. The Hall–Kier alpha value is -0.510. The van der Waals surface area contributed by atoms with Crippen LogP contribution in [0, 0.1) is 0 Å². The van der Waals surface area contributed by atoms with Gasteiger partial charge in [0, 0.05) is 6.04 Å². The molecule has 1 aliphatic carbocycles. The highest BCUT2D eigenvalue weighted by atomic mass is 32.2. The van der Waals surface area contributed by atoms with Crippen LogP contribution in [0.4, 0.5) is 0 Å². The maximum atomic E-state index is 6.04. The number of rotatable bonds is 2. The molecule has 70 valence electrons. The molecule has 2 nitrogen and oxygen atoms in total. The van der Waals surface area contributed by atoms with Crippen molar-refractivity contribution in [1.29, 1.82) is 0 Å². The monoisotopic (exact) mass is 194 g/mol. The normalized spacial score (nSPS) is 26.0. The lowest BCUT2D eigenvalue weighted by molar-refractivity contribution is 0.563. The van der Waals surface area contributed by atoms with Gasteiger partial charge in [-0.15, -0.1) is 0 Å². The van der Waals surface area contributed by atoms with Gasteiger partial charge in [0.1, 0.15) is 0 Å². The van der Waals surface area contributed by atoms with Crippen LogP contribution in [0.25, 0.3) is 0 Å². The van der Waals surface area contributed by atoms with Crippen molar-refractivity contribution in [2.45, 2.75) is 18.5 Å². The van der Waals surface area contributed by atoms with E-state index in [-0.39, 0.29) is 6.04 Å². The number of nitrogens with two attached hydrogens (primary N) is 1. The largest absolute Gasteiger partial charge is 0.326 e. The van der Waals surface area contributed by atoms with Crippen LogP contribution in [-0.4, -0.2) is 12.3 Å². The van der Waals surface area contributed by atoms with E-state index in [1.54, 1.807) is 11.9 Å². The highest BCUT2D eigenvalue weighted by molar-refractivity contribution is 7.96. The first-order valence-electron chi connectivity index (χ1n) is 4.45. The molecule has 0 radical (unpaired) electrons. The summed E-state index contributed by atoms with van der Waals surface area (Å²) in [6, 6.07) is 9.03. The zero-order chi connectivity index (χ0) is 9.26. The van der Waals surface area contributed by atoms with Gasteiger partial charge in [-0.2, -0.15) is 0 Å². The van der Waals surface area contributed by atoms with Crippen molar-refractivity contribution in [1.82, 2.24) is 4.72 Å². The van der Waals surface area contributed by atoms with Crippen molar-refractivity contribution in [3.8, 4) is 0 Å². The van der Waals surface area contributed by atoms with Crippen molar-refractivity contribution < 1.29 is 0 Å². The molecule has 3 heteroatoms. The predicted octanol–water partition coefficient (Wildman–Crippen LogP) is 1.48. The van der Waals surface area contributed by atoms with Gasteiger partial charge in [-0.25, -0.2) is 0 Å². The fourth-order valence-electron chi connectivity index (χ4n) is 1.90. The van der Waals surface area contributed by atoms with E-state index in [1.165, 1.54) is 11.1 Å². The van der Waals surface area contributed by atoms with E-state index in [0.29, 0.717) is 6.04 Å². The molecule has 0 bridgehead atoms. The van der Waals surface area contributed by atoms with E-state index in [9.17, 15) is 0 Å². The summed E-state index contributed by atoms with van der Waals surface area (Å²) in [7, 11) is 0. The average molecular weight is 194 g/mol. The minimum atomic E-state index is 0.227. The molecular formula is C10H14N2S. The molecule has 0 saturated heterocycles. The molecule has 3 N–H and O–H groups in total. The smallest absolute Gasteiger partial charge is 0.0578 e. The Kier molecular flexibility index (Phi) is 2.58. The third kappa shape index (κ3) is 1.59. The third-order valence-electron chi connectivity index (χ3n) is 2.52. The standard InChI is InChI=1S/C10H14N2S/c1-13-12-10-8-5-3-2-4-7(8)6-9(10)11/h2-5,9-10,12H,6,11H2,1H3/t9-,10?/m0/s1. The Morgan fingerprint density at radius 1 is 1.46 bits per heavy atom. The molecule has 1 aromatic rings. The second kappa shape index (κ2) is 3.70. The van der Waals surface area contributed by atoms with Gasteiger partial charge in [0.15, 0.2) is 0 Å². The molecule has 13 heavy (non-hydrogen) atoms. The first-order valence-corrected chi connectivity index (χ1v) is 5.67. The lowest BCUT2D eigenvalue weighted by Gasteiger charge is -2.16. The maximum absolute atomic E-state index is 6.04. The second-order valence-electron chi connectivity index (χ2n) is 3.37. The Labute approximate surface area is 83.0 Å². The summed E-state index contributed by atoms with van der Waals surface area (Å²) in [5, 5.41) is 0. The van der Waals surface area contributed by atoms with E-state index in [4.69, 9.17) is 5.73 Å². The van der Waals surface area contributed by atoms with Gasteiger partial charge in [0.2, 0.25) is 0 Å². The van der Waals surface area contributed by atoms with Crippen LogP contribution < -0.4 is 10.5 Å². The van der Waals surface area contributed by atoms with E-state index >= 15 is 0 Å². The molecule has 2 atom stereocenters. The molecule has 1 unspecified atom stereocenters. The number of hydrogen-bond acceptors (Lipinski definition) is 3. The molecular weight excluding hydrogens is 180 g/mol. The third-order valence-corrected chi connectivity index (χ3v) is 3.01. The number of fused-ring (bicyclic) bond motifs is 1. The molecule has 0 fully saturated rings. The van der Waals surface area contributed by atoms with Crippen LogP contribution in [0.1, 0.15) is 17.2 Å². The van der Waals surface area contributed by atoms with Crippen molar-refractivity contribution in [3.63, 3.8) is 0 Å². The van der Waals surface area contributed by atoms with Crippen LogP contribution in [0.3, 0.4) is 0 Å². The van der Waals surface area contributed by atoms with Gasteiger partial charge >= 0.3 is 0 Å². The molecule has 0 saturated carbocycles. The number of benzene rings is 1. The average Bonchev–Trinajstić information content (AvgIpc) is 2.44. The van der Waals surface area contributed by atoms with Crippen LogP contribution in [0.5, 0.6) is 0 Å². The summed E-state index contributed by atoms with van der Waals surface area (Å²) in [4.78, 5) is 0. The van der Waals surface area contributed by atoms with Gasteiger partial charge < -0.3 is 5.73 Å². The van der Waals surface area contributed by atoms with E-state index in [0.717, 1.165) is 6.42 Å². The summed E-state index contributed by atoms with van der Waals surface area (Å²) in [5.41, 5.74) is 8.79. The molecule has 1 aromatic carbocycles. The molecule has 2 rings (SSSR count). The Morgan fingerprint density at radius 3 is 3.00 bits per heavy atom. The van der Waals surface area contributed by atoms with Crippen molar-refractivity contribution in [2.24, 2.45) is 5.73 Å².